The van der Waals surface area contributed by atoms with E-state index in [1.807, 2.05) is 5.32 Å². The lowest BCUT2D eigenvalue weighted by Gasteiger charge is -2.04. The summed E-state index contributed by atoms with van der Waals surface area (Å²) in [5.41, 5.74) is 0. The highest BCUT2D eigenvalue weighted by Gasteiger charge is 2.14. The predicted octanol–water partition coefficient (Wildman–Crippen LogP) is -2.13. The molecule has 0 aliphatic carbocycles. The first-order valence-electron chi connectivity index (χ1n) is 4.45. The van der Waals surface area contributed by atoms with Crippen molar-refractivity contribution in [3.63, 3.8) is 0 Å². The first kappa shape index (κ1) is 13.9. The number of hydrogen-bond acceptors (Lipinski definition) is 5. The number of carbonyl (C=O) groups is 4. The first-order valence-corrected chi connectivity index (χ1v) is 4.45. The van der Waals surface area contributed by atoms with Gasteiger partial charge in [0.25, 0.3) is 0 Å². The maximum Gasteiger partial charge on any atom is 0.396 e. The van der Waals surface area contributed by atoms with Gasteiger partial charge in [0.2, 0.25) is 0 Å². The fraction of sp³-hybridized carbons (Fsp3) is 0.500. The van der Waals surface area contributed by atoms with Gasteiger partial charge in [0.1, 0.15) is 0 Å². The number of aliphatic carboxylic acids is 1. The smallest absolute Gasteiger partial charge is 0.396 e. The molecule has 0 aromatic carbocycles. The lowest BCUT2D eigenvalue weighted by Crippen LogP contribution is -2.40. The summed E-state index contributed by atoms with van der Waals surface area (Å²) in [4.78, 5) is 42.2. The zero-order valence-electron chi connectivity index (χ0n) is 8.61. The van der Waals surface area contributed by atoms with Crippen LogP contribution in [0.25, 0.3) is 0 Å². The predicted molar refractivity (Wildman–Crippen MR) is 50.3 cm³/mol. The number of ether oxygens (including phenoxy) is 1. The molecule has 0 aliphatic heterocycles. The fourth-order valence-corrected chi connectivity index (χ4v) is 0.696. The number of carbonyl (C=O) groups excluding carboxylic acids is 3. The third-order valence-corrected chi connectivity index (χ3v) is 1.35. The van der Waals surface area contributed by atoms with Crippen LogP contribution in [0.3, 0.4) is 0 Å². The molecular formula is C8H12N2O6. The average molecular weight is 232 g/mol. The Morgan fingerprint density at radius 1 is 1.06 bits per heavy atom. The van der Waals surface area contributed by atoms with E-state index in [1.165, 1.54) is 0 Å². The van der Waals surface area contributed by atoms with E-state index < -0.39 is 23.8 Å². The molecule has 0 aromatic rings. The molecule has 0 saturated carbocycles. The lowest BCUT2D eigenvalue weighted by atomic mass is 10.5. The second-order valence-electron chi connectivity index (χ2n) is 2.54. The normalized spacial score (nSPS) is 9.06. The SMILES string of the molecule is CCOC(=O)C(=O)NCCNC(=O)C(=O)O. The standard InChI is InChI=1S/C8H12N2O6/c1-2-16-8(15)6(12)10-4-3-9-5(11)7(13)14/h2-4H2,1H3,(H,9,11)(H,10,12)(H,13,14). The average Bonchev–Trinajstić information content (AvgIpc) is 2.23. The monoisotopic (exact) mass is 232 g/mol. The van der Waals surface area contributed by atoms with Crippen molar-refractivity contribution in [1.82, 2.24) is 10.6 Å². The molecule has 8 heteroatoms. The molecule has 0 heterocycles. The Morgan fingerprint density at radius 2 is 1.56 bits per heavy atom. The molecule has 3 N–H and O–H groups in total. The fourth-order valence-electron chi connectivity index (χ4n) is 0.696. The molecule has 16 heavy (non-hydrogen) atoms. The van der Waals surface area contributed by atoms with Crippen LogP contribution in [-0.2, 0) is 23.9 Å². The van der Waals surface area contributed by atoms with Crippen LogP contribution in [0, 0.1) is 0 Å². The zero-order chi connectivity index (χ0) is 12.6. The number of carboxylic acid groups (broad SMARTS) is 1. The van der Waals surface area contributed by atoms with Crippen molar-refractivity contribution < 1.29 is 29.0 Å². The summed E-state index contributed by atoms with van der Waals surface area (Å²) in [5.74, 6) is -4.75. The maximum atomic E-state index is 10.9. The molecule has 8 nitrogen and oxygen atoms in total. The summed E-state index contributed by atoms with van der Waals surface area (Å²) < 4.78 is 4.39. The van der Waals surface area contributed by atoms with Crippen molar-refractivity contribution in [2.75, 3.05) is 19.7 Å². The van der Waals surface area contributed by atoms with E-state index in [-0.39, 0.29) is 19.7 Å². The Morgan fingerprint density at radius 3 is 2.00 bits per heavy atom. The molecule has 0 aliphatic rings. The van der Waals surface area contributed by atoms with Gasteiger partial charge in [-0.2, -0.15) is 0 Å². The molecule has 0 saturated heterocycles. The molecule has 0 radical (unpaired) electrons. The van der Waals surface area contributed by atoms with Gasteiger partial charge in [-0.05, 0) is 6.92 Å². The van der Waals surface area contributed by atoms with Gasteiger partial charge in [-0.25, -0.2) is 9.59 Å². The van der Waals surface area contributed by atoms with Crippen LogP contribution in [0.5, 0.6) is 0 Å². The van der Waals surface area contributed by atoms with Crippen molar-refractivity contribution in [2.45, 2.75) is 6.92 Å². The van der Waals surface area contributed by atoms with Crippen LogP contribution in [0.4, 0.5) is 0 Å². The molecule has 2 amide bonds. The number of esters is 1. The highest BCUT2D eigenvalue weighted by atomic mass is 16.5. The Kier molecular flexibility index (Phi) is 6.25. The van der Waals surface area contributed by atoms with Crippen molar-refractivity contribution in [2.24, 2.45) is 0 Å². The summed E-state index contributed by atoms with van der Waals surface area (Å²) in [7, 11) is 0. The third kappa shape index (κ3) is 5.58. The van der Waals surface area contributed by atoms with Gasteiger partial charge in [0, 0.05) is 13.1 Å². The number of rotatable bonds is 4. The zero-order valence-corrected chi connectivity index (χ0v) is 8.61. The maximum absolute atomic E-state index is 10.9. The molecule has 0 rings (SSSR count). The molecule has 0 bridgehead atoms. The Hall–Kier alpha value is -2.12. The van der Waals surface area contributed by atoms with Crippen LogP contribution in [-0.4, -0.2) is 48.6 Å². The van der Waals surface area contributed by atoms with Crippen LogP contribution in [0.2, 0.25) is 0 Å². The Labute approximate surface area is 90.9 Å². The van der Waals surface area contributed by atoms with Crippen molar-refractivity contribution >= 4 is 23.8 Å². The van der Waals surface area contributed by atoms with Crippen molar-refractivity contribution in [3.8, 4) is 0 Å². The van der Waals surface area contributed by atoms with E-state index in [4.69, 9.17) is 5.11 Å². The van der Waals surface area contributed by atoms with Crippen LogP contribution >= 0.6 is 0 Å². The molecule has 0 aromatic heterocycles. The number of carboxylic acids is 1. The van der Waals surface area contributed by atoms with E-state index in [0.29, 0.717) is 0 Å². The number of nitrogens with one attached hydrogen (secondary N) is 2. The number of hydrogen-bond donors (Lipinski definition) is 3. The van der Waals surface area contributed by atoms with Crippen molar-refractivity contribution in [1.29, 1.82) is 0 Å². The van der Waals surface area contributed by atoms with Gasteiger partial charge in [-0.3, -0.25) is 9.59 Å². The molecule has 90 valence electrons. The van der Waals surface area contributed by atoms with Gasteiger partial charge >= 0.3 is 23.8 Å². The van der Waals surface area contributed by atoms with Gasteiger partial charge in [-0.1, -0.05) is 0 Å². The molecule has 0 fully saturated rings. The van der Waals surface area contributed by atoms with Crippen molar-refractivity contribution in [3.05, 3.63) is 0 Å². The Balaban J connectivity index is 3.67. The summed E-state index contributed by atoms with van der Waals surface area (Å²) >= 11 is 0. The van der Waals surface area contributed by atoms with E-state index in [0.717, 1.165) is 0 Å². The van der Waals surface area contributed by atoms with Gasteiger partial charge in [0.15, 0.2) is 0 Å². The van der Waals surface area contributed by atoms with Gasteiger partial charge in [-0.15, -0.1) is 0 Å². The summed E-state index contributed by atoms with van der Waals surface area (Å²) in [6.07, 6.45) is 0. The van der Waals surface area contributed by atoms with E-state index in [1.54, 1.807) is 6.92 Å². The van der Waals surface area contributed by atoms with Gasteiger partial charge < -0.3 is 20.5 Å². The summed E-state index contributed by atoms with van der Waals surface area (Å²) in [5, 5.41) is 12.3. The minimum Gasteiger partial charge on any atom is -0.474 e. The topological polar surface area (TPSA) is 122 Å². The summed E-state index contributed by atoms with van der Waals surface area (Å²) in [6, 6.07) is 0. The van der Waals surface area contributed by atoms with Gasteiger partial charge in [0.05, 0.1) is 6.61 Å². The quantitative estimate of drug-likeness (QED) is 0.289. The largest absolute Gasteiger partial charge is 0.474 e. The number of amides is 2. The van der Waals surface area contributed by atoms with E-state index in [2.05, 4.69) is 10.1 Å². The summed E-state index contributed by atoms with van der Waals surface area (Å²) in [6.45, 7) is 1.49. The molecular weight excluding hydrogens is 220 g/mol. The highest BCUT2D eigenvalue weighted by Crippen LogP contribution is 1.77. The minimum atomic E-state index is -1.61. The highest BCUT2D eigenvalue weighted by molar-refractivity contribution is 6.32. The first-order chi connectivity index (χ1) is 7.49. The lowest BCUT2D eigenvalue weighted by molar-refractivity contribution is -0.154. The van der Waals surface area contributed by atoms with Crippen LogP contribution < -0.4 is 10.6 Å². The van der Waals surface area contributed by atoms with E-state index in [9.17, 15) is 19.2 Å². The van der Waals surface area contributed by atoms with E-state index >= 15 is 0 Å². The molecule has 0 atom stereocenters. The second kappa shape index (κ2) is 7.21. The van der Waals surface area contributed by atoms with Crippen LogP contribution in [0.15, 0.2) is 0 Å². The second-order valence-corrected chi connectivity index (χ2v) is 2.54. The molecule has 0 spiro atoms. The molecule has 0 unspecified atom stereocenters. The minimum absolute atomic E-state index is 0.0589. The van der Waals surface area contributed by atoms with Crippen LogP contribution in [0.1, 0.15) is 6.92 Å². The Bertz CT molecular complexity index is 301. The third-order valence-electron chi connectivity index (χ3n) is 1.35.